The quantitative estimate of drug-likeness (QED) is 0.543. The lowest BCUT2D eigenvalue weighted by atomic mass is 10.4. The number of hydrogen-bond acceptors (Lipinski definition) is 7. The van der Waals surface area contributed by atoms with E-state index >= 15 is 0 Å². The van der Waals surface area contributed by atoms with Crippen LogP contribution in [0.3, 0.4) is 0 Å². The molecule has 1 rings (SSSR count). The highest BCUT2D eigenvalue weighted by Crippen LogP contribution is 2.30. The number of likely N-dealkylation sites (N-methyl/N-ethyl adjacent to an activating group) is 1. The Balaban J connectivity index is 3.19. The second-order valence-electron chi connectivity index (χ2n) is 3.33. The lowest BCUT2D eigenvalue weighted by Gasteiger charge is -2.17. The zero-order chi connectivity index (χ0) is 12.8. The fourth-order valence-electron chi connectivity index (χ4n) is 1.37. The van der Waals surface area contributed by atoms with Crippen molar-refractivity contribution in [1.82, 2.24) is 9.97 Å². The molecule has 1 aromatic heterocycles. The Bertz CT molecular complexity index is 398. The third kappa shape index (κ3) is 3.00. The van der Waals surface area contributed by atoms with Crippen molar-refractivity contribution < 1.29 is 10.0 Å². The highest BCUT2D eigenvalue weighted by Gasteiger charge is 2.24. The molecule has 0 aliphatic rings. The minimum Gasteiger partial charge on any atom is -0.395 e. The van der Waals surface area contributed by atoms with Crippen LogP contribution in [-0.2, 0) is 0 Å². The average molecular weight is 241 g/mol. The van der Waals surface area contributed by atoms with Crippen molar-refractivity contribution in [2.75, 3.05) is 37.0 Å². The van der Waals surface area contributed by atoms with Gasteiger partial charge in [0, 0.05) is 20.1 Å². The van der Waals surface area contributed by atoms with Gasteiger partial charge in [0.05, 0.1) is 11.5 Å². The zero-order valence-corrected chi connectivity index (χ0v) is 9.75. The summed E-state index contributed by atoms with van der Waals surface area (Å²) < 4.78 is 0. The van der Waals surface area contributed by atoms with Crippen LogP contribution in [-0.4, -0.2) is 46.7 Å². The first kappa shape index (κ1) is 13.1. The van der Waals surface area contributed by atoms with Crippen LogP contribution < -0.4 is 10.2 Å². The van der Waals surface area contributed by atoms with Gasteiger partial charge in [0.15, 0.2) is 0 Å². The van der Waals surface area contributed by atoms with Crippen LogP contribution >= 0.6 is 0 Å². The molecule has 0 spiro atoms. The van der Waals surface area contributed by atoms with Crippen LogP contribution in [0.2, 0.25) is 0 Å². The fraction of sp³-hybridized carbons (Fsp3) is 0.556. The number of rotatable bonds is 6. The van der Waals surface area contributed by atoms with Crippen LogP contribution in [0, 0.1) is 10.1 Å². The Hall–Kier alpha value is -1.96. The maximum absolute atomic E-state index is 11.0. The minimum atomic E-state index is -0.527. The van der Waals surface area contributed by atoms with E-state index in [2.05, 4.69) is 15.3 Å². The second kappa shape index (κ2) is 5.94. The van der Waals surface area contributed by atoms with Crippen LogP contribution in [0.25, 0.3) is 0 Å². The van der Waals surface area contributed by atoms with Gasteiger partial charge in [-0.1, -0.05) is 0 Å². The van der Waals surface area contributed by atoms with E-state index in [1.54, 1.807) is 7.05 Å². The standard InChI is InChI=1S/C9H15N5O3/c1-3-10-8-7(14(16)17)9(12-6-11-8)13(2)4-5-15/h6,15H,3-5H2,1-2H3,(H,10,11,12). The van der Waals surface area contributed by atoms with Gasteiger partial charge in [-0.25, -0.2) is 9.97 Å². The van der Waals surface area contributed by atoms with Gasteiger partial charge in [-0.3, -0.25) is 10.1 Å². The van der Waals surface area contributed by atoms with E-state index in [1.165, 1.54) is 11.2 Å². The van der Waals surface area contributed by atoms with Crippen molar-refractivity contribution in [2.24, 2.45) is 0 Å². The number of anilines is 2. The van der Waals surface area contributed by atoms with Gasteiger partial charge in [0.1, 0.15) is 6.33 Å². The zero-order valence-electron chi connectivity index (χ0n) is 9.75. The van der Waals surface area contributed by atoms with E-state index in [0.717, 1.165) is 0 Å². The lowest BCUT2D eigenvalue weighted by molar-refractivity contribution is -0.383. The maximum atomic E-state index is 11.0. The molecule has 0 fully saturated rings. The summed E-state index contributed by atoms with van der Waals surface area (Å²) in [7, 11) is 1.63. The molecule has 94 valence electrons. The molecule has 0 unspecified atom stereocenters. The van der Waals surface area contributed by atoms with Crippen LogP contribution in [0.4, 0.5) is 17.3 Å². The molecule has 0 saturated heterocycles. The highest BCUT2D eigenvalue weighted by molar-refractivity contribution is 5.69. The van der Waals surface area contributed by atoms with E-state index < -0.39 is 4.92 Å². The molecule has 0 bridgehead atoms. The van der Waals surface area contributed by atoms with Gasteiger partial charge in [0.25, 0.3) is 0 Å². The molecule has 0 aliphatic carbocycles. The number of nitro groups is 1. The molecule has 0 aromatic carbocycles. The van der Waals surface area contributed by atoms with Crippen molar-refractivity contribution in [3.8, 4) is 0 Å². The summed E-state index contributed by atoms with van der Waals surface area (Å²) in [6.45, 7) is 2.52. The Morgan fingerprint density at radius 1 is 1.59 bits per heavy atom. The monoisotopic (exact) mass is 241 g/mol. The summed E-state index contributed by atoms with van der Waals surface area (Å²) in [4.78, 5) is 19.7. The van der Waals surface area contributed by atoms with Crippen LogP contribution in [0.15, 0.2) is 6.33 Å². The molecule has 1 heterocycles. The van der Waals surface area contributed by atoms with Crippen molar-refractivity contribution >= 4 is 17.3 Å². The van der Waals surface area contributed by atoms with Crippen molar-refractivity contribution in [3.63, 3.8) is 0 Å². The van der Waals surface area contributed by atoms with Gasteiger partial charge in [-0.05, 0) is 6.92 Å². The molecule has 8 heteroatoms. The van der Waals surface area contributed by atoms with E-state index in [0.29, 0.717) is 6.54 Å². The number of hydrogen-bond donors (Lipinski definition) is 2. The first-order chi connectivity index (χ1) is 8.11. The summed E-state index contributed by atoms with van der Waals surface area (Å²) in [5, 5.41) is 22.7. The lowest BCUT2D eigenvalue weighted by Crippen LogP contribution is -2.24. The summed E-state index contributed by atoms with van der Waals surface area (Å²) in [6.07, 6.45) is 1.26. The molecular weight excluding hydrogens is 226 g/mol. The fourth-order valence-corrected chi connectivity index (χ4v) is 1.37. The number of aromatic nitrogens is 2. The van der Waals surface area contributed by atoms with E-state index in [1.807, 2.05) is 6.92 Å². The third-order valence-corrected chi connectivity index (χ3v) is 2.13. The third-order valence-electron chi connectivity index (χ3n) is 2.13. The van der Waals surface area contributed by atoms with E-state index in [4.69, 9.17) is 5.11 Å². The molecule has 0 atom stereocenters. The molecule has 1 aromatic rings. The van der Waals surface area contributed by atoms with Crippen LogP contribution in [0.5, 0.6) is 0 Å². The molecule has 17 heavy (non-hydrogen) atoms. The van der Waals surface area contributed by atoms with Gasteiger partial charge in [-0.15, -0.1) is 0 Å². The number of aliphatic hydroxyl groups excluding tert-OH is 1. The summed E-state index contributed by atoms with van der Waals surface area (Å²) in [5.74, 6) is 0.377. The number of nitrogens with one attached hydrogen (secondary N) is 1. The smallest absolute Gasteiger partial charge is 0.353 e. The topological polar surface area (TPSA) is 104 Å². The van der Waals surface area contributed by atoms with Crippen molar-refractivity contribution in [1.29, 1.82) is 0 Å². The first-order valence-corrected chi connectivity index (χ1v) is 5.17. The molecule has 0 saturated carbocycles. The Labute approximate surface area is 98.5 Å². The van der Waals surface area contributed by atoms with E-state index in [-0.39, 0.29) is 30.5 Å². The average Bonchev–Trinajstić information content (AvgIpc) is 2.29. The predicted octanol–water partition coefficient (Wildman–Crippen LogP) is 0.245. The molecule has 8 nitrogen and oxygen atoms in total. The molecule has 2 N–H and O–H groups in total. The SMILES string of the molecule is CCNc1ncnc(N(C)CCO)c1[N+](=O)[O-]. The molecule has 0 radical (unpaired) electrons. The normalized spacial score (nSPS) is 10.1. The molecule has 0 aliphatic heterocycles. The Kier molecular flexibility index (Phi) is 4.58. The van der Waals surface area contributed by atoms with Crippen molar-refractivity contribution in [2.45, 2.75) is 6.92 Å². The number of nitrogens with zero attached hydrogens (tertiary/aromatic N) is 4. The minimum absolute atomic E-state index is 0.103. The van der Waals surface area contributed by atoms with Gasteiger partial charge < -0.3 is 15.3 Å². The summed E-state index contributed by atoms with van der Waals surface area (Å²) >= 11 is 0. The highest BCUT2D eigenvalue weighted by atomic mass is 16.6. The second-order valence-corrected chi connectivity index (χ2v) is 3.33. The Morgan fingerprint density at radius 2 is 2.29 bits per heavy atom. The summed E-state index contributed by atoms with van der Waals surface area (Å²) in [5.41, 5.74) is -0.176. The van der Waals surface area contributed by atoms with Crippen LogP contribution in [0.1, 0.15) is 6.92 Å². The van der Waals surface area contributed by atoms with Gasteiger partial charge in [0.2, 0.25) is 11.6 Å². The summed E-state index contributed by atoms with van der Waals surface area (Å²) in [6, 6.07) is 0. The molecule has 0 amide bonds. The van der Waals surface area contributed by atoms with E-state index in [9.17, 15) is 10.1 Å². The molecular formula is C9H15N5O3. The maximum Gasteiger partial charge on any atom is 0.353 e. The first-order valence-electron chi connectivity index (χ1n) is 5.17. The Morgan fingerprint density at radius 3 is 2.82 bits per heavy atom. The largest absolute Gasteiger partial charge is 0.395 e. The number of aliphatic hydroxyl groups is 1. The van der Waals surface area contributed by atoms with Crippen molar-refractivity contribution in [3.05, 3.63) is 16.4 Å². The van der Waals surface area contributed by atoms with Gasteiger partial charge in [-0.2, -0.15) is 0 Å². The predicted molar refractivity (Wildman–Crippen MR) is 63.2 cm³/mol. The van der Waals surface area contributed by atoms with Gasteiger partial charge >= 0.3 is 5.69 Å².